The minimum atomic E-state index is -1.50. The molecular formula is C6H9NO3. The van der Waals surface area contributed by atoms with Gasteiger partial charge in [0.05, 0.1) is 6.07 Å². The van der Waals surface area contributed by atoms with Crippen LogP contribution < -0.4 is 0 Å². The molecule has 0 saturated carbocycles. The fourth-order valence-corrected chi connectivity index (χ4v) is 0.406. The largest absolute Gasteiger partial charge is 0.481 e. The zero-order chi connectivity index (χ0) is 8.20. The third-order valence-corrected chi connectivity index (χ3v) is 1.07. The summed E-state index contributed by atoms with van der Waals surface area (Å²) in [4.78, 5) is 9.94. The molecule has 0 aromatic rings. The lowest BCUT2D eigenvalue weighted by atomic mass is 10.0. The number of rotatable bonds is 3. The first kappa shape index (κ1) is 8.92. The number of carboxylic acids is 1. The molecule has 4 nitrogen and oxygen atoms in total. The van der Waals surface area contributed by atoms with Gasteiger partial charge in [-0.1, -0.05) is 0 Å². The quantitative estimate of drug-likeness (QED) is 0.550. The minimum Gasteiger partial charge on any atom is -0.481 e. The highest BCUT2D eigenvalue weighted by Crippen LogP contribution is 2.09. The smallest absolute Gasteiger partial charge is 0.303 e. The molecule has 0 aliphatic heterocycles. The van der Waals surface area contributed by atoms with Crippen LogP contribution in [0.15, 0.2) is 0 Å². The number of hydrogen-bond acceptors (Lipinski definition) is 3. The number of nitrogens with zero attached hydrogens (tertiary/aromatic N) is 1. The maximum atomic E-state index is 9.94. The molecular weight excluding hydrogens is 134 g/mol. The number of aliphatic carboxylic acids is 1. The van der Waals surface area contributed by atoms with Crippen molar-refractivity contribution in [1.82, 2.24) is 0 Å². The SMILES string of the molecule is CC(O)(C#N)CCC(=O)O. The van der Waals surface area contributed by atoms with Gasteiger partial charge in [-0.3, -0.25) is 4.79 Å². The highest BCUT2D eigenvalue weighted by atomic mass is 16.4. The second-order valence-corrected chi connectivity index (χ2v) is 2.28. The summed E-state index contributed by atoms with van der Waals surface area (Å²) in [5.74, 6) is -1.00. The van der Waals surface area contributed by atoms with Crippen molar-refractivity contribution in [3.8, 4) is 6.07 Å². The molecule has 0 aromatic carbocycles. The summed E-state index contributed by atoms with van der Waals surface area (Å²) in [6, 6.07) is 1.59. The maximum absolute atomic E-state index is 9.94. The molecule has 2 N–H and O–H groups in total. The summed E-state index contributed by atoms with van der Waals surface area (Å²) < 4.78 is 0. The topological polar surface area (TPSA) is 81.3 Å². The maximum Gasteiger partial charge on any atom is 0.303 e. The first-order chi connectivity index (χ1) is 4.48. The lowest BCUT2D eigenvalue weighted by molar-refractivity contribution is -0.137. The molecule has 10 heavy (non-hydrogen) atoms. The fraction of sp³-hybridized carbons (Fsp3) is 0.667. The van der Waals surface area contributed by atoms with Gasteiger partial charge >= 0.3 is 5.97 Å². The van der Waals surface area contributed by atoms with Crippen LogP contribution in [0.25, 0.3) is 0 Å². The van der Waals surface area contributed by atoms with E-state index in [1.165, 1.54) is 6.92 Å². The molecule has 0 aliphatic carbocycles. The lowest BCUT2D eigenvalue weighted by Gasteiger charge is -2.10. The molecule has 0 bridgehead atoms. The zero-order valence-corrected chi connectivity index (χ0v) is 5.66. The average molecular weight is 143 g/mol. The molecule has 4 heteroatoms. The molecule has 0 saturated heterocycles. The van der Waals surface area contributed by atoms with E-state index in [-0.39, 0.29) is 12.8 Å². The van der Waals surface area contributed by atoms with E-state index >= 15 is 0 Å². The van der Waals surface area contributed by atoms with Crippen LogP contribution in [0, 0.1) is 11.3 Å². The Labute approximate surface area is 58.7 Å². The number of nitriles is 1. The summed E-state index contributed by atoms with van der Waals surface area (Å²) in [6.07, 6.45) is -0.209. The van der Waals surface area contributed by atoms with E-state index in [0.29, 0.717) is 0 Å². The standard InChI is InChI=1S/C6H9NO3/c1-6(10,4-7)3-2-5(8)9/h10H,2-3H2,1H3,(H,8,9). The van der Waals surface area contributed by atoms with Gasteiger partial charge in [-0.25, -0.2) is 0 Å². The van der Waals surface area contributed by atoms with Gasteiger partial charge < -0.3 is 10.2 Å². The number of carbonyl (C=O) groups is 1. The molecule has 0 heterocycles. The van der Waals surface area contributed by atoms with Gasteiger partial charge in [-0.2, -0.15) is 5.26 Å². The summed E-state index contributed by atoms with van der Waals surface area (Å²) in [7, 11) is 0. The number of carboxylic acid groups (broad SMARTS) is 1. The molecule has 0 amide bonds. The van der Waals surface area contributed by atoms with Gasteiger partial charge in [0.1, 0.15) is 5.60 Å². The van der Waals surface area contributed by atoms with Gasteiger partial charge in [0, 0.05) is 6.42 Å². The van der Waals surface area contributed by atoms with E-state index in [9.17, 15) is 4.79 Å². The molecule has 0 aliphatic rings. The Balaban J connectivity index is 3.71. The van der Waals surface area contributed by atoms with Crippen LogP contribution in [0.3, 0.4) is 0 Å². The van der Waals surface area contributed by atoms with Crippen LogP contribution in [0.4, 0.5) is 0 Å². The van der Waals surface area contributed by atoms with Crippen LogP contribution in [0.5, 0.6) is 0 Å². The first-order valence-corrected chi connectivity index (χ1v) is 2.83. The van der Waals surface area contributed by atoms with E-state index in [2.05, 4.69) is 0 Å². The number of hydrogen-bond donors (Lipinski definition) is 2. The van der Waals surface area contributed by atoms with Crippen molar-refractivity contribution < 1.29 is 15.0 Å². The normalized spacial score (nSPS) is 15.3. The molecule has 0 spiro atoms. The van der Waals surface area contributed by atoms with Crippen LogP contribution >= 0.6 is 0 Å². The van der Waals surface area contributed by atoms with Crippen LogP contribution in [0.2, 0.25) is 0 Å². The van der Waals surface area contributed by atoms with Crippen molar-refractivity contribution in [3.63, 3.8) is 0 Å². The molecule has 1 atom stereocenters. The first-order valence-electron chi connectivity index (χ1n) is 2.83. The Morgan fingerprint density at radius 2 is 2.30 bits per heavy atom. The summed E-state index contributed by atoms with van der Waals surface area (Å²) in [5.41, 5.74) is -1.50. The Hall–Kier alpha value is -1.08. The van der Waals surface area contributed by atoms with Crippen molar-refractivity contribution in [2.75, 3.05) is 0 Å². The van der Waals surface area contributed by atoms with Crippen LogP contribution in [-0.2, 0) is 4.79 Å². The highest BCUT2D eigenvalue weighted by molar-refractivity contribution is 5.66. The molecule has 56 valence electrons. The van der Waals surface area contributed by atoms with Gasteiger partial charge in [-0.05, 0) is 13.3 Å². The average Bonchev–Trinajstić information content (AvgIpc) is 1.85. The van der Waals surface area contributed by atoms with Crippen molar-refractivity contribution in [2.24, 2.45) is 0 Å². The van der Waals surface area contributed by atoms with Crippen molar-refractivity contribution in [2.45, 2.75) is 25.4 Å². The molecule has 0 rings (SSSR count). The van der Waals surface area contributed by atoms with Gasteiger partial charge in [0.15, 0.2) is 0 Å². The molecule has 1 unspecified atom stereocenters. The van der Waals surface area contributed by atoms with Crippen molar-refractivity contribution in [3.05, 3.63) is 0 Å². The Morgan fingerprint density at radius 3 is 2.60 bits per heavy atom. The van der Waals surface area contributed by atoms with Gasteiger partial charge in [0.2, 0.25) is 0 Å². The van der Waals surface area contributed by atoms with E-state index in [1.807, 2.05) is 0 Å². The highest BCUT2D eigenvalue weighted by Gasteiger charge is 2.19. The second kappa shape index (κ2) is 3.18. The third kappa shape index (κ3) is 3.87. The van der Waals surface area contributed by atoms with E-state index in [1.54, 1.807) is 6.07 Å². The second-order valence-electron chi connectivity index (χ2n) is 2.28. The minimum absolute atomic E-state index is 0.0289. The lowest BCUT2D eigenvalue weighted by Crippen LogP contribution is -2.22. The van der Waals surface area contributed by atoms with Gasteiger partial charge in [0.25, 0.3) is 0 Å². The fourth-order valence-electron chi connectivity index (χ4n) is 0.406. The van der Waals surface area contributed by atoms with Crippen LogP contribution in [0.1, 0.15) is 19.8 Å². The third-order valence-electron chi connectivity index (χ3n) is 1.07. The molecule has 0 fully saturated rings. The summed E-state index contributed by atoms with van der Waals surface area (Å²) >= 11 is 0. The van der Waals surface area contributed by atoms with E-state index < -0.39 is 11.6 Å². The van der Waals surface area contributed by atoms with Crippen molar-refractivity contribution >= 4 is 5.97 Å². The zero-order valence-electron chi connectivity index (χ0n) is 5.66. The Bertz CT molecular complexity index is 168. The Morgan fingerprint density at radius 1 is 1.80 bits per heavy atom. The number of aliphatic hydroxyl groups is 1. The van der Waals surface area contributed by atoms with E-state index in [4.69, 9.17) is 15.5 Å². The van der Waals surface area contributed by atoms with Crippen LogP contribution in [-0.4, -0.2) is 21.8 Å². The van der Waals surface area contributed by atoms with Gasteiger partial charge in [-0.15, -0.1) is 0 Å². The Kier molecular flexibility index (Phi) is 2.84. The summed E-state index contributed by atoms with van der Waals surface area (Å²) in [5, 5.41) is 25.3. The summed E-state index contributed by atoms with van der Waals surface area (Å²) in [6.45, 7) is 1.29. The van der Waals surface area contributed by atoms with Crippen molar-refractivity contribution in [1.29, 1.82) is 5.26 Å². The van der Waals surface area contributed by atoms with E-state index in [0.717, 1.165) is 0 Å². The predicted molar refractivity (Wildman–Crippen MR) is 33.1 cm³/mol. The predicted octanol–water partition coefficient (Wildman–Crippen LogP) is 0.126. The molecule has 0 radical (unpaired) electrons. The monoisotopic (exact) mass is 143 g/mol. The molecule has 0 aromatic heterocycles.